The van der Waals surface area contributed by atoms with Crippen molar-refractivity contribution in [1.82, 2.24) is 4.98 Å². The van der Waals surface area contributed by atoms with E-state index in [1.807, 2.05) is 19.1 Å². The van der Waals surface area contributed by atoms with Crippen LogP contribution in [0, 0.1) is 12.7 Å². The summed E-state index contributed by atoms with van der Waals surface area (Å²) in [4.78, 5) is 19.1. The minimum absolute atomic E-state index is 0.138. The third-order valence-corrected chi connectivity index (χ3v) is 4.64. The van der Waals surface area contributed by atoms with Crippen LogP contribution in [0.15, 0.2) is 60.8 Å². The molecule has 6 heteroatoms. The first-order valence-corrected chi connectivity index (χ1v) is 8.53. The SMILES string of the molecule is COc1ccc(N2C(=O)c3cccnc3C2Nc2ccc(F)cc2C)cc1. The quantitative estimate of drug-likeness (QED) is 0.751. The molecule has 27 heavy (non-hydrogen) atoms. The van der Waals surface area contributed by atoms with E-state index in [4.69, 9.17) is 4.74 Å². The maximum Gasteiger partial charge on any atom is 0.262 e. The van der Waals surface area contributed by atoms with E-state index in [2.05, 4.69) is 10.3 Å². The molecule has 1 aliphatic rings. The van der Waals surface area contributed by atoms with E-state index in [1.54, 1.807) is 48.5 Å². The molecule has 0 saturated carbocycles. The highest BCUT2D eigenvalue weighted by molar-refractivity contribution is 6.11. The number of amides is 1. The summed E-state index contributed by atoms with van der Waals surface area (Å²) in [7, 11) is 1.59. The molecule has 4 rings (SSSR count). The minimum atomic E-state index is -0.494. The van der Waals surface area contributed by atoms with Gasteiger partial charge in [-0.3, -0.25) is 14.7 Å². The molecule has 1 aliphatic heterocycles. The molecule has 2 heterocycles. The second-order valence-corrected chi connectivity index (χ2v) is 6.32. The Morgan fingerprint density at radius 3 is 2.63 bits per heavy atom. The van der Waals surface area contributed by atoms with Gasteiger partial charge < -0.3 is 10.1 Å². The predicted molar refractivity (Wildman–Crippen MR) is 102 cm³/mol. The van der Waals surface area contributed by atoms with E-state index in [1.165, 1.54) is 12.1 Å². The van der Waals surface area contributed by atoms with Crippen LogP contribution in [0.25, 0.3) is 0 Å². The number of hydrogen-bond donors (Lipinski definition) is 1. The highest BCUT2D eigenvalue weighted by Gasteiger charge is 2.39. The highest BCUT2D eigenvalue weighted by Crippen LogP contribution is 2.37. The Morgan fingerprint density at radius 1 is 1.15 bits per heavy atom. The Bertz CT molecular complexity index is 1000. The summed E-state index contributed by atoms with van der Waals surface area (Å²) >= 11 is 0. The fraction of sp³-hybridized carbons (Fsp3) is 0.143. The first-order valence-electron chi connectivity index (χ1n) is 8.53. The topological polar surface area (TPSA) is 54.5 Å². The molecule has 0 fully saturated rings. The lowest BCUT2D eigenvalue weighted by Crippen LogP contribution is -2.32. The molecule has 1 unspecified atom stereocenters. The summed E-state index contributed by atoms with van der Waals surface area (Å²) in [6, 6.07) is 15.3. The van der Waals surface area contributed by atoms with Crippen LogP contribution in [0.1, 0.15) is 27.8 Å². The third kappa shape index (κ3) is 2.99. The monoisotopic (exact) mass is 363 g/mol. The lowest BCUT2D eigenvalue weighted by Gasteiger charge is -2.27. The van der Waals surface area contributed by atoms with Gasteiger partial charge in [-0.05, 0) is 67.1 Å². The van der Waals surface area contributed by atoms with Crippen LogP contribution in [0.4, 0.5) is 15.8 Å². The van der Waals surface area contributed by atoms with Gasteiger partial charge in [-0.15, -0.1) is 0 Å². The molecule has 1 amide bonds. The van der Waals surface area contributed by atoms with E-state index >= 15 is 0 Å². The normalized spacial score (nSPS) is 15.6. The number of hydrogen-bond acceptors (Lipinski definition) is 4. The van der Waals surface area contributed by atoms with Crippen LogP contribution in [0.2, 0.25) is 0 Å². The molecule has 0 bridgehead atoms. The van der Waals surface area contributed by atoms with Crippen LogP contribution in [0.3, 0.4) is 0 Å². The smallest absolute Gasteiger partial charge is 0.262 e. The van der Waals surface area contributed by atoms with Gasteiger partial charge in [0.1, 0.15) is 11.6 Å². The second-order valence-electron chi connectivity index (χ2n) is 6.32. The standard InChI is InChI=1S/C21H18FN3O2/c1-13-12-14(22)5-10-18(13)24-20-19-17(4-3-11-23-19)21(26)25(20)15-6-8-16(27-2)9-7-15/h3-12,20,24H,1-2H3. The Balaban J connectivity index is 1.77. The van der Waals surface area contributed by atoms with E-state index in [0.29, 0.717) is 17.0 Å². The zero-order valence-corrected chi connectivity index (χ0v) is 14.9. The summed E-state index contributed by atoms with van der Waals surface area (Å²) in [6.45, 7) is 1.82. The molecule has 1 atom stereocenters. The number of methoxy groups -OCH3 is 1. The number of halogens is 1. The fourth-order valence-corrected chi connectivity index (χ4v) is 3.26. The molecule has 0 spiro atoms. The van der Waals surface area contributed by atoms with Crippen LogP contribution >= 0.6 is 0 Å². The number of carbonyl (C=O) groups is 1. The van der Waals surface area contributed by atoms with Gasteiger partial charge in [-0.2, -0.15) is 0 Å². The van der Waals surface area contributed by atoms with Gasteiger partial charge in [0.2, 0.25) is 0 Å². The maximum atomic E-state index is 13.5. The number of nitrogens with one attached hydrogen (secondary N) is 1. The maximum absolute atomic E-state index is 13.5. The fourth-order valence-electron chi connectivity index (χ4n) is 3.26. The molecule has 1 N–H and O–H groups in total. The zero-order chi connectivity index (χ0) is 19.0. The van der Waals surface area contributed by atoms with Crippen molar-refractivity contribution >= 4 is 17.3 Å². The number of anilines is 2. The van der Waals surface area contributed by atoms with E-state index < -0.39 is 6.17 Å². The number of fused-ring (bicyclic) bond motifs is 1. The van der Waals surface area contributed by atoms with Gasteiger partial charge in [0.15, 0.2) is 6.17 Å². The molecular formula is C21H18FN3O2. The van der Waals surface area contributed by atoms with Crippen molar-refractivity contribution < 1.29 is 13.9 Å². The number of aromatic nitrogens is 1. The first-order chi connectivity index (χ1) is 13.1. The molecule has 136 valence electrons. The minimum Gasteiger partial charge on any atom is -0.497 e. The molecule has 0 aliphatic carbocycles. The third-order valence-electron chi connectivity index (χ3n) is 4.64. The number of rotatable bonds is 4. The molecule has 1 aromatic heterocycles. The number of carbonyl (C=O) groups excluding carboxylic acids is 1. The average Bonchev–Trinajstić information content (AvgIpc) is 2.96. The summed E-state index contributed by atoms with van der Waals surface area (Å²) in [5.74, 6) is 0.270. The zero-order valence-electron chi connectivity index (χ0n) is 14.9. The number of pyridine rings is 1. The Hall–Kier alpha value is -3.41. The van der Waals surface area contributed by atoms with Crippen LogP contribution in [0.5, 0.6) is 5.75 Å². The van der Waals surface area contributed by atoms with Crippen molar-refractivity contribution in [2.24, 2.45) is 0 Å². The molecular weight excluding hydrogens is 345 g/mol. The van der Waals surface area contributed by atoms with Crippen molar-refractivity contribution in [3.8, 4) is 5.75 Å². The Morgan fingerprint density at radius 2 is 1.93 bits per heavy atom. The van der Waals surface area contributed by atoms with Crippen LogP contribution in [-0.4, -0.2) is 18.0 Å². The van der Waals surface area contributed by atoms with E-state index in [0.717, 1.165) is 16.9 Å². The molecule has 3 aromatic rings. The van der Waals surface area contributed by atoms with Gasteiger partial charge in [-0.25, -0.2) is 4.39 Å². The van der Waals surface area contributed by atoms with Crippen molar-refractivity contribution in [2.45, 2.75) is 13.1 Å². The lowest BCUT2D eigenvalue weighted by atomic mass is 10.1. The Labute approximate surface area is 156 Å². The summed E-state index contributed by atoms with van der Waals surface area (Å²) < 4.78 is 18.7. The number of benzene rings is 2. The van der Waals surface area contributed by atoms with E-state index in [9.17, 15) is 9.18 Å². The molecule has 0 radical (unpaired) electrons. The average molecular weight is 363 g/mol. The first kappa shape index (κ1) is 17.0. The van der Waals surface area contributed by atoms with Crippen molar-refractivity contribution in [3.05, 3.63) is 83.4 Å². The number of aryl methyl sites for hydroxylation is 1. The highest BCUT2D eigenvalue weighted by atomic mass is 19.1. The van der Waals surface area contributed by atoms with Crippen molar-refractivity contribution in [1.29, 1.82) is 0 Å². The molecule has 5 nitrogen and oxygen atoms in total. The lowest BCUT2D eigenvalue weighted by molar-refractivity contribution is 0.0993. The molecule has 2 aromatic carbocycles. The largest absolute Gasteiger partial charge is 0.497 e. The summed E-state index contributed by atoms with van der Waals surface area (Å²) in [5, 5.41) is 3.34. The van der Waals surface area contributed by atoms with Crippen molar-refractivity contribution in [2.75, 3.05) is 17.3 Å². The summed E-state index contributed by atoms with van der Waals surface area (Å²) in [5.41, 5.74) is 3.40. The van der Waals surface area contributed by atoms with Gasteiger partial charge >= 0.3 is 0 Å². The number of ether oxygens (including phenoxy) is 1. The Kier molecular flexibility index (Phi) is 4.24. The van der Waals surface area contributed by atoms with Gasteiger partial charge in [0, 0.05) is 17.6 Å². The van der Waals surface area contributed by atoms with E-state index in [-0.39, 0.29) is 11.7 Å². The van der Waals surface area contributed by atoms with Crippen LogP contribution in [-0.2, 0) is 0 Å². The summed E-state index contributed by atoms with van der Waals surface area (Å²) in [6.07, 6.45) is 1.17. The van der Waals surface area contributed by atoms with Gasteiger partial charge in [0.25, 0.3) is 5.91 Å². The van der Waals surface area contributed by atoms with Crippen molar-refractivity contribution in [3.63, 3.8) is 0 Å². The van der Waals surface area contributed by atoms with Gasteiger partial charge in [0.05, 0.1) is 18.4 Å². The van der Waals surface area contributed by atoms with Gasteiger partial charge in [-0.1, -0.05) is 0 Å². The molecule has 0 saturated heterocycles. The second kappa shape index (κ2) is 6.72. The van der Waals surface area contributed by atoms with Crippen LogP contribution < -0.4 is 15.0 Å². The predicted octanol–water partition coefficient (Wildman–Crippen LogP) is 4.31. The number of nitrogens with zero attached hydrogens (tertiary/aromatic N) is 2.